The van der Waals surface area contributed by atoms with Crippen LogP contribution >= 0.6 is 0 Å². The number of hydrogen-bond donors (Lipinski definition) is 1. The van der Waals surface area contributed by atoms with Crippen molar-refractivity contribution < 1.29 is 4.79 Å². The number of rotatable bonds is 3. The molecule has 0 radical (unpaired) electrons. The molecule has 24 heavy (non-hydrogen) atoms. The smallest absolute Gasteiger partial charge is 0.221 e. The number of hydrogen-bond acceptors (Lipinski definition) is 4. The van der Waals surface area contributed by atoms with Gasteiger partial charge in [0.05, 0.1) is 6.20 Å². The average Bonchev–Trinajstić information content (AvgIpc) is 3.14. The summed E-state index contributed by atoms with van der Waals surface area (Å²) in [6.45, 7) is 2.91. The van der Waals surface area contributed by atoms with E-state index in [9.17, 15) is 4.79 Å². The van der Waals surface area contributed by atoms with Crippen LogP contribution < -0.4 is 5.32 Å². The molecule has 2 saturated heterocycles. The van der Waals surface area contributed by atoms with Gasteiger partial charge >= 0.3 is 0 Å². The molecule has 2 fully saturated rings. The standard InChI is InChI=1S/C18H23N5O/c1-22-12-14(10-20-22)13-23-7-4-18(5-8-23)16(9-17(24)21-18)15-3-2-6-19-11-15/h2-3,6,10-12,16H,4-5,7-9,13H2,1H3,(H,21,24). The zero-order valence-electron chi connectivity index (χ0n) is 14.0. The van der Waals surface area contributed by atoms with Crippen molar-refractivity contribution in [3.63, 3.8) is 0 Å². The lowest BCUT2D eigenvalue weighted by Crippen LogP contribution is -2.53. The van der Waals surface area contributed by atoms with Crippen molar-refractivity contribution in [2.75, 3.05) is 13.1 Å². The van der Waals surface area contributed by atoms with Crippen molar-refractivity contribution in [3.05, 3.63) is 48.0 Å². The largest absolute Gasteiger partial charge is 0.350 e. The Bertz CT molecular complexity index is 718. The fourth-order valence-corrected chi connectivity index (χ4v) is 4.21. The molecule has 4 heterocycles. The monoisotopic (exact) mass is 325 g/mol. The van der Waals surface area contributed by atoms with E-state index in [0.717, 1.165) is 32.5 Å². The Labute approximate surface area is 141 Å². The van der Waals surface area contributed by atoms with Gasteiger partial charge in [-0.05, 0) is 24.5 Å². The summed E-state index contributed by atoms with van der Waals surface area (Å²) in [4.78, 5) is 18.8. The summed E-state index contributed by atoms with van der Waals surface area (Å²) in [5.41, 5.74) is 2.32. The SMILES string of the molecule is Cn1cc(CN2CCC3(CC2)NC(=O)CC3c2cccnc2)cn1. The summed E-state index contributed by atoms with van der Waals surface area (Å²) in [6, 6.07) is 4.06. The first kappa shape index (κ1) is 15.3. The van der Waals surface area contributed by atoms with Gasteiger partial charge in [0.25, 0.3) is 0 Å². The first-order chi connectivity index (χ1) is 11.6. The van der Waals surface area contributed by atoms with Crippen molar-refractivity contribution in [2.45, 2.75) is 37.3 Å². The Morgan fingerprint density at radius 1 is 1.33 bits per heavy atom. The number of aromatic nitrogens is 3. The summed E-state index contributed by atoms with van der Waals surface area (Å²) in [6.07, 6.45) is 10.2. The van der Waals surface area contributed by atoms with E-state index >= 15 is 0 Å². The molecular weight excluding hydrogens is 302 g/mol. The number of carbonyl (C=O) groups excluding carboxylic acids is 1. The Kier molecular flexibility index (Phi) is 3.84. The van der Waals surface area contributed by atoms with Gasteiger partial charge in [-0.15, -0.1) is 0 Å². The lowest BCUT2D eigenvalue weighted by molar-refractivity contribution is -0.120. The van der Waals surface area contributed by atoms with Crippen LogP contribution in [0.4, 0.5) is 0 Å². The number of piperidine rings is 1. The van der Waals surface area contributed by atoms with Gasteiger partial charge in [-0.2, -0.15) is 5.10 Å². The lowest BCUT2D eigenvalue weighted by atomic mass is 9.74. The highest BCUT2D eigenvalue weighted by Crippen LogP contribution is 2.43. The van der Waals surface area contributed by atoms with Gasteiger partial charge < -0.3 is 5.32 Å². The molecule has 0 aliphatic carbocycles. The molecule has 2 aromatic rings. The number of carbonyl (C=O) groups is 1. The third-order valence-electron chi connectivity index (χ3n) is 5.44. The molecule has 1 unspecified atom stereocenters. The second kappa shape index (κ2) is 6.02. The van der Waals surface area contributed by atoms with Crippen LogP contribution in [0.3, 0.4) is 0 Å². The summed E-state index contributed by atoms with van der Waals surface area (Å²) in [5.74, 6) is 0.406. The molecule has 2 aliphatic heterocycles. The first-order valence-electron chi connectivity index (χ1n) is 8.55. The highest BCUT2D eigenvalue weighted by atomic mass is 16.2. The Balaban J connectivity index is 1.47. The molecule has 4 rings (SSSR count). The minimum absolute atomic E-state index is 0.106. The van der Waals surface area contributed by atoms with Crippen LogP contribution in [0.5, 0.6) is 0 Å². The van der Waals surface area contributed by atoms with E-state index in [4.69, 9.17) is 0 Å². The third kappa shape index (κ3) is 2.82. The summed E-state index contributed by atoms with van der Waals surface area (Å²) < 4.78 is 1.84. The van der Waals surface area contributed by atoms with Crippen LogP contribution in [0.25, 0.3) is 0 Å². The number of nitrogens with zero attached hydrogens (tertiary/aromatic N) is 4. The van der Waals surface area contributed by atoms with E-state index in [1.807, 2.05) is 30.2 Å². The average molecular weight is 325 g/mol. The molecule has 0 bridgehead atoms. The Morgan fingerprint density at radius 3 is 2.83 bits per heavy atom. The molecule has 0 saturated carbocycles. The molecule has 0 aromatic carbocycles. The van der Waals surface area contributed by atoms with E-state index in [1.165, 1.54) is 11.1 Å². The maximum atomic E-state index is 12.1. The molecule has 2 aliphatic rings. The molecule has 6 heteroatoms. The van der Waals surface area contributed by atoms with Crippen molar-refractivity contribution in [1.82, 2.24) is 25.0 Å². The van der Waals surface area contributed by atoms with Crippen molar-refractivity contribution in [2.24, 2.45) is 7.05 Å². The zero-order valence-corrected chi connectivity index (χ0v) is 14.0. The van der Waals surface area contributed by atoms with Gasteiger partial charge in [0, 0.05) is 68.7 Å². The number of likely N-dealkylation sites (tertiary alicyclic amines) is 1. The predicted octanol–water partition coefficient (Wildman–Crippen LogP) is 1.45. The molecule has 1 amide bonds. The van der Waals surface area contributed by atoms with Crippen molar-refractivity contribution in [3.8, 4) is 0 Å². The first-order valence-corrected chi connectivity index (χ1v) is 8.55. The summed E-state index contributed by atoms with van der Waals surface area (Å²) in [5, 5.41) is 7.54. The number of aryl methyl sites for hydroxylation is 1. The highest BCUT2D eigenvalue weighted by molar-refractivity contribution is 5.81. The fraction of sp³-hybridized carbons (Fsp3) is 0.500. The van der Waals surface area contributed by atoms with E-state index in [0.29, 0.717) is 6.42 Å². The Morgan fingerprint density at radius 2 is 2.17 bits per heavy atom. The van der Waals surface area contributed by atoms with Crippen LogP contribution in [0.15, 0.2) is 36.9 Å². The zero-order chi connectivity index (χ0) is 16.6. The molecule has 126 valence electrons. The number of nitrogens with one attached hydrogen (secondary N) is 1. The minimum Gasteiger partial charge on any atom is -0.350 e. The fourth-order valence-electron chi connectivity index (χ4n) is 4.21. The molecular formula is C18H23N5O. The number of amides is 1. The van der Waals surface area contributed by atoms with Crippen molar-refractivity contribution in [1.29, 1.82) is 0 Å². The van der Waals surface area contributed by atoms with Crippen LogP contribution in [0, 0.1) is 0 Å². The van der Waals surface area contributed by atoms with E-state index in [2.05, 4.69) is 32.6 Å². The van der Waals surface area contributed by atoms with Gasteiger partial charge in [-0.25, -0.2) is 0 Å². The highest BCUT2D eigenvalue weighted by Gasteiger charge is 2.48. The molecule has 1 spiro atoms. The number of pyridine rings is 1. The van der Waals surface area contributed by atoms with E-state index < -0.39 is 0 Å². The summed E-state index contributed by atoms with van der Waals surface area (Å²) in [7, 11) is 1.95. The predicted molar refractivity (Wildman–Crippen MR) is 90.2 cm³/mol. The second-order valence-electron chi connectivity index (χ2n) is 7.05. The maximum absolute atomic E-state index is 12.1. The van der Waals surface area contributed by atoms with Crippen LogP contribution in [0.1, 0.15) is 36.3 Å². The normalized spacial score (nSPS) is 23.5. The third-order valence-corrected chi connectivity index (χ3v) is 5.44. The topological polar surface area (TPSA) is 63.0 Å². The Hall–Kier alpha value is -2.21. The second-order valence-corrected chi connectivity index (χ2v) is 7.05. The molecule has 2 aromatic heterocycles. The minimum atomic E-state index is -0.106. The maximum Gasteiger partial charge on any atom is 0.221 e. The van der Waals surface area contributed by atoms with Gasteiger partial charge in [-0.1, -0.05) is 6.07 Å². The van der Waals surface area contributed by atoms with Gasteiger partial charge in [0.1, 0.15) is 0 Å². The van der Waals surface area contributed by atoms with Crippen molar-refractivity contribution >= 4 is 5.91 Å². The molecule has 6 nitrogen and oxygen atoms in total. The molecule has 1 atom stereocenters. The quantitative estimate of drug-likeness (QED) is 0.928. The van der Waals surface area contributed by atoms with E-state index in [-0.39, 0.29) is 17.4 Å². The van der Waals surface area contributed by atoms with Crippen LogP contribution in [0.2, 0.25) is 0 Å². The van der Waals surface area contributed by atoms with Crippen LogP contribution in [-0.4, -0.2) is 44.2 Å². The van der Waals surface area contributed by atoms with Gasteiger partial charge in [0.15, 0.2) is 0 Å². The molecule has 1 N–H and O–H groups in total. The van der Waals surface area contributed by atoms with Crippen LogP contribution in [-0.2, 0) is 18.4 Å². The van der Waals surface area contributed by atoms with Gasteiger partial charge in [0.2, 0.25) is 5.91 Å². The lowest BCUT2D eigenvalue weighted by Gasteiger charge is -2.42. The van der Waals surface area contributed by atoms with E-state index in [1.54, 1.807) is 6.20 Å². The van der Waals surface area contributed by atoms with Gasteiger partial charge in [-0.3, -0.25) is 19.4 Å². The summed E-state index contributed by atoms with van der Waals surface area (Å²) >= 11 is 0.